The van der Waals surface area contributed by atoms with Crippen molar-refractivity contribution in [2.45, 2.75) is 51.9 Å². The van der Waals surface area contributed by atoms with Crippen molar-refractivity contribution in [1.82, 2.24) is 0 Å². The van der Waals surface area contributed by atoms with Crippen LogP contribution in [0.1, 0.15) is 63.0 Å². The molecule has 0 atom stereocenters. The Kier molecular flexibility index (Phi) is 6.53. The smallest absolute Gasteiger partial charge is 0.354 e. The van der Waals surface area contributed by atoms with Gasteiger partial charge in [-0.05, 0) is 116 Å². The van der Waals surface area contributed by atoms with Gasteiger partial charge in [0.1, 0.15) is 5.75 Å². The molecule has 4 nitrogen and oxygen atoms in total. The van der Waals surface area contributed by atoms with E-state index in [-0.39, 0.29) is 0 Å². The second kappa shape index (κ2) is 9.41. The molecule has 0 unspecified atom stereocenters. The molecule has 0 radical (unpaired) electrons. The minimum absolute atomic E-state index is 0.341. The van der Waals surface area contributed by atoms with E-state index in [4.69, 9.17) is 9.05 Å². The molecule has 4 saturated carbocycles. The zero-order chi connectivity index (χ0) is 23.0. The van der Waals surface area contributed by atoms with E-state index >= 15 is 0 Å². The normalized spacial score (nSPS) is 28.6. The number of aromatic hydroxyl groups is 1. The third-order valence-corrected chi connectivity index (χ3v) is 9.68. The number of hydrogen-bond acceptors (Lipinski definition) is 4. The Hall–Kier alpha value is -1.87. The van der Waals surface area contributed by atoms with Gasteiger partial charge in [-0.15, -0.1) is 0 Å². The summed E-state index contributed by atoms with van der Waals surface area (Å²) in [5.41, 5.74) is 4.36. The summed E-state index contributed by atoms with van der Waals surface area (Å²) in [7, 11) is -3.20. The first-order chi connectivity index (χ1) is 16.0. The Bertz CT molecular complexity index is 1020. The predicted molar refractivity (Wildman–Crippen MR) is 133 cm³/mol. The Morgan fingerprint density at radius 2 is 1.45 bits per heavy atom. The Labute approximate surface area is 197 Å². The zero-order valence-electron chi connectivity index (χ0n) is 19.7. The fourth-order valence-corrected chi connectivity index (χ4v) is 8.20. The van der Waals surface area contributed by atoms with Gasteiger partial charge in [0.05, 0.1) is 13.2 Å². The SMILES string of the molecule is CCOP(=O)(C=Cc1ccc(-c2ccc(O)c(C3C4CC5CC(C4)CC3C5)c2)cc1)OCC. The highest BCUT2D eigenvalue weighted by Crippen LogP contribution is 2.60. The number of phenols is 1. The maximum Gasteiger partial charge on any atom is 0.354 e. The summed E-state index contributed by atoms with van der Waals surface area (Å²) in [6, 6.07) is 14.3. The van der Waals surface area contributed by atoms with Crippen LogP contribution in [-0.2, 0) is 13.6 Å². The van der Waals surface area contributed by atoms with Crippen LogP contribution >= 0.6 is 7.60 Å². The second-order valence-corrected chi connectivity index (χ2v) is 11.9. The first kappa shape index (κ1) is 22.9. The van der Waals surface area contributed by atoms with Gasteiger partial charge < -0.3 is 14.2 Å². The molecule has 4 aliphatic rings. The highest BCUT2D eigenvalue weighted by Gasteiger charge is 2.49. The van der Waals surface area contributed by atoms with Crippen molar-refractivity contribution in [2.24, 2.45) is 23.7 Å². The lowest BCUT2D eigenvalue weighted by molar-refractivity contribution is -0.00345. The van der Waals surface area contributed by atoms with E-state index < -0.39 is 7.60 Å². The highest BCUT2D eigenvalue weighted by molar-refractivity contribution is 7.57. The Balaban J connectivity index is 1.36. The molecular weight excluding hydrogens is 431 g/mol. The van der Waals surface area contributed by atoms with E-state index in [1.54, 1.807) is 11.9 Å². The van der Waals surface area contributed by atoms with Gasteiger partial charge in [0, 0.05) is 5.82 Å². The van der Waals surface area contributed by atoms with E-state index in [1.807, 2.05) is 38.1 Å². The van der Waals surface area contributed by atoms with Crippen molar-refractivity contribution in [3.05, 3.63) is 59.4 Å². The predicted octanol–water partition coefficient (Wildman–Crippen LogP) is 7.84. The van der Waals surface area contributed by atoms with Gasteiger partial charge in [-0.1, -0.05) is 30.3 Å². The van der Waals surface area contributed by atoms with Crippen LogP contribution in [0.15, 0.2) is 48.3 Å². The third kappa shape index (κ3) is 4.71. The first-order valence-corrected chi connectivity index (χ1v) is 14.1. The van der Waals surface area contributed by atoms with Gasteiger partial charge in [0.2, 0.25) is 0 Å². The van der Waals surface area contributed by atoms with Gasteiger partial charge in [0.15, 0.2) is 0 Å². The fourth-order valence-electron chi connectivity index (χ4n) is 6.88. The highest BCUT2D eigenvalue weighted by atomic mass is 31.2. The van der Waals surface area contributed by atoms with Crippen LogP contribution in [0.3, 0.4) is 0 Å². The lowest BCUT2D eigenvalue weighted by atomic mass is 9.50. The molecule has 0 aromatic heterocycles. The van der Waals surface area contributed by atoms with Crippen LogP contribution in [0.25, 0.3) is 17.2 Å². The standard InChI is InChI=1S/C28H35O4P/c1-3-31-33(30,32-4-2)12-11-19-5-7-22(8-6-19)23-9-10-27(29)26(18-23)28-24-14-20-13-21(16-24)17-25(28)15-20/h5-12,18,20-21,24-25,28-29H,3-4,13-17H2,1-2H3. The van der Waals surface area contributed by atoms with Crippen molar-refractivity contribution in [3.8, 4) is 16.9 Å². The van der Waals surface area contributed by atoms with Gasteiger partial charge in [-0.2, -0.15) is 0 Å². The van der Waals surface area contributed by atoms with Crippen LogP contribution in [0.4, 0.5) is 0 Å². The van der Waals surface area contributed by atoms with E-state index in [9.17, 15) is 9.67 Å². The molecule has 0 aliphatic heterocycles. The van der Waals surface area contributed by atoms with Gasteiger partial charge in [0.25, 0.3) is 0 Å². The maximum absolute atomic E-state index is 12.6. The first-order valence-electron chi connectivity index (χ1n) is 12.5. The molecule has 0 spiro atoms. The maximum atomic E-state index is 12.6. The number of benzene rings is 2. The van der Waals surface area contributed by atoms with E-state index in [2.05, 4.69) is 18.2 Å². The van der Waals surface area contributed by atoms with Crippen molar-refractivity contribution in [1.29, 1.82) is 0 Å². The summed E-state index contributed by atoms with van der Waals surface area (Å²) >= 11 is 0. The minimum Gasteiger partial charge on any atom is -0.508 e. The molecule has 33 heavy (non-hydrogen) atoms. The molecule has 4 fully saturated rings. The van der Waals surface area contributed by atoms with E-state index in [0.717, 1.165) is 45.9 Å². The summed E-state index contributed by atoms with van der Waals surface area (Å²) in [5.74, 6) is 5.83. The Morgan fingerprint density at radius 3 is 2.03 bits per heavy atom. The van der Waals surface area contributed by atoms with Crippen LogP contribution in [-0.4, -0.2) is 18.3 Å². The molecule has 4 bridgehead atoms. The quantitative estimate of drug-likeness (QED) is 0.403. The minimum atomic E-state index is -3.20. The van der Waals surface area contributed by atoms with Crippen molar-refractivity contribution in [2.75, 3.05) is 13.2 Å². The molecule has 1 N–H and O–H groups in total. The van der Waals surface area contributed by atoms with Gasteiger partial charge >= 0.3 is 7.60 Å². The lowest BCUT2D eigenvalue weighted by Crippen LogP contribution is -2.43. The molecule has 6 rings (SSSR count). The third-order valence-electron chi connectivity index (χ3n) is 7.93. The summed E-state index contributed by atoms with van der Waals surface area (Å²) < 4.78 is 23.3. The van der Waals surface area contributed by atoms with Gasteiger partial charge in [-0.25, -0.2) is 0 Å². The van der Waals surface area contributed by atoms with Crippen LogP contribution in [0.2, 0.25) is 0 Å². The summed E-state index contributed by atoms with van der Waals surface area (Å²) in [4.78, 5) is 0. The molecule has 2 aromatic carbocycles. The van der Waals surface area contributed by atoms with E-state index in [1.165, 1.54) is 32.1 Å². The van der Waals surface area contributed by atoms with Crippen molar-refractivity contribution >= 4 is 13.7 Å². The molecule has 4 aliphatic carbocycles. The van der Waals surface area contributed by atoms with E-state index in [0.29, 0.717) is 24.9 Å². The molecule has 0 heterocycles. The molecular formula is C28H35O4P. The average molecular weight is 467 g/mol. The summed E-state index contributed by atoms with van der Waals surface area (Å²) in [6.07, 6.45) is 8.61. The zero-order valence-corrected chi connectivity index (χ0v) is 20.5. The molecule has 5 heteroatoms. The average Bonchev–Trinajstić information content (AvgIpc) is 2.79. The van der Waals surface area contributed by atoms with Gasteiger partial charge in [-0.3, -0.25) is 4.57 Å². The van der Waals surface area contributed by atoms with Crippen LogP contribution < -0.4 is 0 Å². The van der Waals surface area contributed by atoms with Crippen molar-refractivity contribution in [3.63, 3.8) is 0 Å². The number of hydrogen-bond donors (Lipinski definition) is 1. The topological polar surface area (TPSA) is 55.8 Å². The van der Waals surface area contributed by atoms with Crippen LogP contribution in [0.5, 0.6) is 5.75 Å². The van der Waals surface area contributed by atoms with Crippen LogP contribution in [0, 0.1) is 23.7 Å². The summed E-state index contributed by atoms with van der Waals surface area (Å²) in [5, 5.41) is 10.8. The second-order valence-electron chi connectivity index (χ2n) is 10.0. The number of phenolic OH excluding ortho intramolecular Hbond substituents is 1. The molecule has 2 aromatic rings. The Morgan fingerprint density at radius 1 is 0.879 bits per heavy atom. The fraction of sp³-hybridized carbons (Fsp3) is 0.500. The monoisotopic (exact) mass is 466 g/mol. The molecule has 0 amide bonds. The lowest BCUT2D eigenvalue weighted by Gasteiger charge is -2.54. The summed E-state index contributed by atoms with van der Waals surface area (Å²) in [6.45, 7) is 4.30. The molecule has 0 saturated heterocycles. The largest absolute Gasteiger partial charge is 0.508 e. The molecule has 176 valence electrons. The number of rotatable bonds is 8. The van der Waals surface area contributed by atoms with Crippen molar-refractivity contribution < 1.29 is 18.7 Å².